The fourth-order valence-corrected chi connectivity index (χ4v) is 2.17. The molecule has 76 valence electrons. The molecule has 1 aliphatic carbocycles. The third-order valence-electron chi connectivity index (χ3n) is 2.04. The molecule has 2 atom stereocenters. The molecule has 0 spiro atoms. The van der Waals surface area contributed by atoms with E-state index in [0.29, 0.717) is 19.3 Å². The van der Waals surface area contributed by atoms with Gasteiger partial charge in [-0.15, -0.1) is 0 Å². The summed E-state index contributed by atoms with van der Waals surface area (Å²) in [6, 6.07) is 0. The van der Waals surface area contributed by atoms with Crippen molar-refractivity contribution in [1.82, 2.24) is 0 Å². The summed E-state index contributed by atoms with van der Waals surface area (Å²) in [4.78, 5) is 10.5. The van der Waals surface area contributed by atoms with Gasteiger partial charge < -0.3 is 5.11 Å². The molecule has 13 heavy (non-hydrogen) atoms. The van der Waals surface area contributed by atoms with Gasteiger partial charge in [-0.2, -0.15) is 8.42 Å². The Morgan fingerprint density at radius 1 is 1.46 bits per heavy atom. The van der Waals surface area contributed by atoms with Gasteiger partial charge in [0.15, 0.2) is 0 Å². The molecule has 0 radical (unpaired) electrons. The lowest BCUT2D eigenvalue weighted by atomic mass is 10.1. The van der Waals surface area contributed by atoms with Gasteiger partial charge in [0.25, 0.3) is 10.1 Å². The highest BCUT2D eigenvalue weighted by atomic mass is 32.2. The minimum absolute atomic E-state index is 0.294. The smallest absolute Gasteiger partial charge is 0.306 e. The zero-order chi connectivity index (χ0) is 10.1. The molecule has 2 unspecified atom stereocenters. The first-order chi connectivity index (χ1) is 5.88. The zero-order valence-electron chi connectivity index (χ0n) is 7.26. The molecule has 1 rings (SSSR count). The van der Waals surface area contributed by atoms with Gasteiger partial charge >= 0.3 is 5.97 Å². The lowest BCUT2D eigenvalue weighted by molar-refractivity contribution is -0.141. The van der Waals surface area contributed by atoms with Crippen molar-refractivity contribution in [2.24, 2.45) is 5.92 Å². The molecule has 1 saturated carbocycles. The minimum Gasteiger partial charge on any atom is -0.481 e. The molecule has 6 heteroatoms. The summed E-state index contributed by atoms with van der Waals surface area (Å²) in [5.41, 5.74) is 0. The molecular formula is C7H12O5S. The quantitative estimate of drug-likeness (QED) is 0.671. The molecule has 0 aromatic carbocycles. The first-order valence-electron chi connectivity index (χ1n) is 3.99. The van der Waals surface area contributed by atoms with Crippen LogP contribution in [0.15, 0.2) is 0 Å². The van der Waals surface area contributed by atoms with E-state index in [4.69, 9.17) is 5.11 Å². The van der Waals surface area contributed by atoms with Gasteiger partial charge in [0.1, 0.15) is 0 Å². The van der Waals surface area contributed by atoms with Gasteiger partial charge in [0.05, 0.1) is 18.3 Å². The second-order valence-electron chi connectivity index (χ2n) is 3.27. The summed E-state index contributed by atoms with van der Waals surface area (Å²) >= 11 is 0. The summed E-state index contributed by atoms with van der Waals surface area (Å²) in [6.07, 6.45) is 1.82. The molecule has 5 nitrogen and oxygen atoms in total. The van der Waals surface area contributed by atoms with Crippen LogP contribution < -0.4 is 0 Å². The van der Waals surface area contributed by atoms with Crippen LogP contribution in [0.4, 0.5) is 0 Å². The van der Waals surface area contributed by atoms with Crippen molar-refractivity contribution in [3.63, 3.8) is 0 Å². The largest absolute Gasteiger partial charge is 0.481 e. The second-order valence-corrected chi connectivity index (χ2v) is 4.87. The topological polar surface area (TPSA) is 80.7 Å². The Morgan fingerprint density at radius 2 is 2.08 bits per heavy atom. The van der Waals surface area contributed by atoms with Gasteiger partial charge in [-0.3, -0.25) is 8.98 Å². The number of hydrogen-bond donors (Lipinski definition) is 1. The fourth-order valence-electron chi connectivity index (χ4n) is 1.50. The maximum Gasteiger partial charge on any atom is 0.306 e. The molecule has 1 fully saturated rings. The van der Waals surface area contributed by atoms with Gasteiger partial charge in [0, 0.05) is 0 Å². The average Bonchev–Trinajstić information content (AvgIpc) is 2.31. The van der Waals surface area contributed by atoms with Crippen LogP contribution in [0.25, 0.3) is 0 Å². The predicted molar refractivity (Wildman–Crippen MR) is 44.7 cm³/mol. The summed E-state index contributed by atoms with van der Waals surface area (Å²) in [5, 5.41) is 8.62. The highest BCUT2D eigenvalue weighted by Crippen LogP contribution is 2.28. The minimum atomic E-state index is -3.45. The van der Waals surface area contributed by atoms with Crippen molar-refractivity contribution in [1.29, 1.82) is 0 Å². The summed E-state index contributed by atoms with van der Waals surface area (Å²) in [5.74, 6) is -1.33. The summed E-state index contributed by atoms with van der Waals surface area (Å²) < 4.78 is 26.1. The van der Waals surface area contributed by atoms with Crippen LogP contribution in [-0.4, -0.2) is 31.9 Å². The summed E-state index contributed by atoms with van der Waals surface area (Å²) in [7, 11) is -3.45. The van der Waals surface area contributed by atoms with E-state index >= 15 is 0 Å². The van der Waals surface area contributed by atoms with Crippen molar-refractivity contribution in [3.05, 3.63) is 0 Å². The third kappa shape index (κ3) is 3.31. The number of rotatable bonds is 3. The monoisotopic (exact) mass is 208 g/mol. The number of hydrogen-bond acceptors (Lipinski definition) is 4. The van der Waals surface area contributed by atoms with Crippen molar-refractivity contribution in [2.45, 2.75) is 25.4 Å². The molecule has 0 aliphatic heterocycles. The number of carboxylic acids is 1. The van der Waals surface area contributed by atoms with E-state index in [9.17, 15) is 13.2 Å². The maximum absolute atomic E-state index is 10.7. The number of carbonyl (C=O) groups is 1. The zero-order valence-corrected chi connectivity index (χ0v) is 8.08. The fraction of sp³-hybridized carbons (Fsp3) is 0.857. The molecule has 0 amide bonds. The first kappa shape index (κ1) is 10.5. The Kier molecular flexibility index (Phi) is 2.92. The van der Waals surface area contributed by atoms with Gasteiger partial charge in [0.2, 0.25) is 0 Å². The van der Waals surface area contributed by atoms with Gasteiger partial charge in [-0.1, -0.05) is 0 Å². The SMILES string of the molecule is CS(=O)(=O)OC1CCC(C(=O)O)C1. The van der Waals surface area contributed by atoms with Crippen molar-refractivity contribution < 1.29 is 22.5 Å². The highest BCUT2D eigenvalue weighted by Gasteiger charge is 2.32. The molecular weight excluding hydrogens is 196 g/mol. The Bertz CT molecular complexity index is 294. The first-order valence-corrected chi connectivity index (χ1v) is 5.81. The van der Waals surface area contributed by atoms with E-state index in [0.717, 1.165) is 6.26 Å². The molecule has 0 aromatic heterocycles. The summed E-state index contributed by atoms with van der Waals surface area (Å²) in [6.45, 7) is 0. The molecule has 0 bridgehead atoms. The average molecular weight is 208 g/mol. The van der Waals surface area contributed by atoms with E-state index in [1.807, 2.05) is 0 Å². The number of aliphatic carboxylic acids is 1. The number of carboxylic acid groups (broad SMARTS) is 1. The molecule has 1 N–H and O–H groups in total. The van der Waals surface area contributed by atoms with Crippen molar-refractivity contribution >= 4 is 16.1 Å². The Hall–Kier alpha value is -0.620. The predicted octanol–water partition coefficient (Wildman–Crippen LogP) is 0.216. The van der Waals surface area contributed by atoms with Crippen LogP contribution in [0.2, 0.25) is 0 Å². The highest BCUT2D eigenvalue weighted by molar-refractivity contribution is 7.86. The van der Waals surface area contributed by atoms with Crippen molar-refractivity contribution in [3.8, 4) is 0 Å². The van der Waals surface area contributed by atoms with E-state index in [1.54, 1.807) is 0 Å². The Balaban J connectivity index is 2.47. The van der Waals surface area contributed by atoms with E-state index in [2.05, 4.69) is 4.18 Å². The Labute approximate surface area is 76.8 Å². The normalized spacial score (nSPS) is 29.0. The molecule has 0 heterocycles. The van der Waals surface area contributed by atoms with Crippen LogP contribution >= 0.6 is 0 Å². The van der Waals surface area contributed by atoms with Crippen LogP contribution in [0, 0.1) is 5.92 Å². The lowest BCUT2D eigenvalue weighted by Crippen LogP contribution is -2.16. The standard InChI is InChI=1S/C7H12O5S/c1-13(10,11)12-6-3-2-5(4-6)7(8)9/h5-6H,2-4H2,1H3,(H,8,9). The van der Waals surface area contributed by atoms with Crippen LogP contribution in [0.1, 0.15) is 19.3 Å². The molecule has 0 saturated heterocycles. The van der Waals surface area contributed by atoms with Gasteiger partial charge in [-0.25, -0.2) is 0 Å². The third-order valence-corrected chi connectivity index (χ3v) is 2.67. The van der Waals surface area contributed by atoms with Crippen LogP contribution in [0.5, 0.6) is 0 Å². The van der Waals surface area contributed by atoms with Crippen LogP contribution in [0.3, 0.4) is 0 Å². The molecule has 1 aliphatic rings. The van der Waals surface area contributed by atoms with E-state index in [-0.39, 0.29) is 0 Å². The maximum atomic E-state index is 10.7. The Morgan fingerprint density at radius 3 is 2.46 bits per heavy atom. The van der Waals surface area contributed by atoms with Gasteiger partial charge in [-0.05, 0) is 19.3 Å². The van der Waals surface area contributed by atoms with E-state index < -0.39 is 28.1 Å². The lowest BCUT2D eigenvalue weighted by Gasteiger charge is -2.07. The van der Waals surface area contributed by atoms with E-state index in [1.165, 1.54) is 0 Å². The second kappa shape index (κ2) is 3.63. The van der Waals surface area contributed by atoms with Crippen LogP contribution in [-0.2, 0) is 19.1 Å². The van der Waals surface area contributed by atoms with Crippen molar-refractivity contribution in [2.75, 3.05) is 6.26 Å². The molecule has 0 aromatic rings.